The topological polar surface area (TPSA) is 61.8 Å². The number of carbonyl (C=O) groups is 2. The van der Waals surface area contributed by atoms with E-state index < -0.39 is 6.10 Å². The molecule has 5 nitrogen and oxygen atoms in total. The number of thioether (sulfide) groups is 1. The molecule has 1 saturated heterocycles. The summed E-state index contributed by atoms with van der Waals surface area (Å²) in [5.41, 5.74) is 2.93. The SMILES string of the molecule is CCC(Oc1ccc(F)cc1)c1cc(C)cc(C)c1OC[C@@H]1C[C@@H](SC(C)=O)CC(=O)O1. The van der Waals surface area contributed by atoms with Crippen LogP contribution in [-0.4, -0.2) is 29.0 Å². The molecule has 1 unspecified atom stereocenters. The summed E-state index contributed by atoms with van der Waals surface area (Å²) in [6.07, 6.45) is 0.786. The molecule has 0 aromatic heterocycles. The smallest absolute Gasteiger partial charge is 0.307 e. The standard InChI is InChI=1S/C25H29FO5S/c1-5-23(30-19-8-6-18(26)7-9-19)22-11-15(2)10-16(3)25(22)29-14-20-12-21(32-17(4)27)13-24(28)31-20/h6-11,20-21,23H,5,12-14H2,1-4H3/t20-,21+,23?/m0/s1. The number of rotatable bonds is 8. The summed E-state index contributed by atoms with van der Waals surface area (Å²) in [5, 5.41) is -0.101. The zero-order valence-corrected chi connectivity index (χ0v) is 19.7. The van der Waals surface area contributed by atoms with E-state index >= 15 is 0 Å². The van der Waals surface area contributed by atoms with Gasteiger partial charge in [-0.15, -0.1) is 0 Å². The molecule has 0 amide bonds. The van der Waals surface area contributed by atoms with Crippen molar-refractivity contribution in [2.45, 2.75) is 64.4 Å². The summed E-state index contributed by atoms with van der Waals surface area (Å²) in [6.45, 7) is 7.70. The molecule has 1 fully saturated rings. The number of benzene rings is 2. The summed E-state index contributed by atoms with van der Waals surface area (Å²) in [4.78, 5) is 23.4. The van der Waals surface area contributed by atoms with E-state index in [1.165, 1.54) is 30.8 Å². The molecule has 0 bridgehead atoms. The Morgan fingerprint density at radius 3 is 2.62 bits per heavy atom. The zero-order valence-electron chi connectivity index (χ0n) is 18.9. The van der Waals surface area contributed by atoms with E-state index in [9.17, 15) is 14.0 Å². The van der Waals surface area contributed by atoms with E-state index in [-0.39, 0.29) is 41.3 Å². The Bertz CT molecular complexity index is 958. The highest BCUT2D eigenvalue weighted by Crippen LogP contribution is 2.36. The first-order chi connectivity index (χ1) is 15.2. The molecule has 1 heterocycles. The monoisotopic (exact) mass is 460 g/mol. The highest BCUT2D eigenvalue weighted by molar-refractivity contribution is 8.14. The van der Waals surface area contributed by atoms with Crippen molar-refractivity contribution < 1.29 is 28.2 Å². The van der Waals surface area contributed by atoms with E-state index in [0.717, 1.165) is 16.7 Å². The fourth-order valence-corrected chi connectivity index (χ4v) is 4.91. The van der Waals surface area contributed by atoms with Gasteiger partial charge in [0.2, 0.25) is 0 Å². The molecular weight excluding hydrogens is 431 g/mol. The highest BCUT2D eigenvalue weighted by Gasteiger charge is 2.31. The van der Waals surface area contributed by atoms with Gasteiger partial charge in [-0.2, -0.15) is 0 Å². The van der Waals surface area contributed by atoms with Crippen molar-refractivity contribution in [3.63, 3.8) is 0 Å². The molecule has 3 rings (SSSR count). The molecule has 2 aromatic carbocycles. The lowest BCUT2D eigenvalue weighted by Crippen LogP contribution is -2.35. The first-order valence-corrected chi connectivity index (χ1v) is 11.7. The number of esters is 1. The molecular formula is C25H29FO5S. The van der Waals surface area contributed by atoms with Crippen LogP contribution < -0.4 is 9.47 Å². The van der Waals surface area contributed by atoms with Gasteiger partial charge in [-0.1, -0.05) is 30.3 Å². The second kappa shape index (κ2) is 10.9. The number of halogens is 1. The number of ether oxygens (including phenoxy) is 3. The second-order valence-electron chi connectivity index (χ2n) is 8.06. The van der Waals surface area contributed by atoms with Crippen molar-refractivity contribution >= 4 is 22.8 Å². The van der Waals surface area contributed by atoms with E-state index in [1.54, 1.807) is 12.1 Å². The van der Waals surface area contributed by atoms with Gasteiger partial charge in [-0.25, -0.2) is 4.39 Å². The third kappa shape index (κ3) is 6.48. The van der Waals surface area contributed by atoms with E-state index in [2.05, 4.69) is 0 Å². The van der Waals surface area contributed by atoms with Crippen LogP contribution in [0.1, 0.15) is 55.9 Å². The molecule has 0 radical (unpaired) electrons. The summed E-state index contributed by atoms with van der Waals surface area (Å²) in [6, 6.07) is 10.0. The van der Waals surface area contributed by atoms with Gasteiger partial charge in [-0.05, 0) is 56.2 Å². The molecule has 172 valence electrons. The van der Waals surface area contributed by atoms with Crippen LogP contribution in [0.5, 0.6) is 11.5 Å². The maximum atomic E-state index is 13.3. The predicted molar refractivity (Wildman–Crippen MR) is 123 cm³/mol. The average molecular weight is 461 g/mol. The minimum absolute atomic E-state index is 0.00948. The Morgan fingerprint density at radius 1 is 1.25 bits per heavy atom. The predicted octanol–water partition coefficient (Wildman–Crippen LogP) is 5.71. The van der Waals surface area contributed by atoms with Crippen molar-refractivity contribution in [1.29, 1.82) is 0 Å². The average Bonchev–Trinajstić information content (AvgIpc) is 2.71. The summed E-state index contributed by atoms with van der Waals surface area (Å²) in [5.74, 6) is 0.648. The number of cyclic esters (lactones) is 1. The van der Waals surface area contributed by atoms with Crippen LogP contribution in [0.4, 0.5) is 4.39 Å². The Hall–Kier alpha value is -2.54. The van der Waals surface area contributed by atoms with E-state index in [4.69, 9.17) is 14.2 Å². The third-order valence-electron chi connectivity index (χ3n) is 5.22. The van der Waals surface area contributed by atoms with Gasteiger partial charge in [0.25, 0.3) is 0 Å². The van der Waals surface area contributed by atoms with Crippen LogP contribution in [0.25, 0.3) is 0 Å². The second-order valence-corrected chi connectivity index (χ2v) is 9.54. The number of hydrogen-bond acceptors (Lipinski definition) is 6. The minimum Gasteiger partial charge on any atom is -0.489 e. The first kappa shape index (κ1) is 24.1. The van der Waals surface area contributed by atoms with Gasteiger partial charge in [0.1, 0.15) is 36.1 Å². The van der Waals surface area contributed by atoms with Crippen LogP contribution >= 0.6 is 11.8 Å². The largest absolute Gasteiger partial charge is 0.489 e. The lowest BCUT2D eigenvalue weighted by Gasteiger charge is -2.29. The summed E-state index contributed by atoms with van der Waals surface area (Å²) in [7, 11) is 0. The van der Waals surface area contributed by atoms with Gasteiger partial charge in [0.15, 0.2) is 5.12 Å². The van der Waals surface area contributed by atoms with Crippen LogP contribution in [0.2, 0.25) is 0 Å². The molecule has 0 aliphatic carbocycles. The van der Waals surface area contributed by atoms with Gasteiger partial charge >= 0.3 is 5.97 Å². The number of aryl methyl sites for hydroxylation is 2. The molecule has 2 aromatic rings. The van der Waals surface area contributed by atoms with Crippen molar-refractivity contribution in [3.05, 3.63) is 58.9 Å². The van der Waals surface area contributed by atoms with Gasteiger partial charge < -0.3 is 14.2 Å². The fourth-order valence-electron chi connectivity index (χ4n) is 3.92. The Labute approximate surface area is 192 Å². The molecule has 1 aliphatic rings. The zero-order chi connectivity index (χ0) is 23.3. The maximum absolute atomic E-state index is 13.3. The molecule has 7 heteroatoms. The Morgan fingerprint density at radius 2 is 1.97 bits per heavy atom. The number of carbonyl (C=O) groups excluding carboxylic acids is 2. The van der Waals surface area contributed by atoms with Gasteiger partial charge in [0, 0.05) is 24.2 Å². The Balaban J connectivity index is 1.78. The highest BCUT2D eigenvalue weighted by atomic mass is 32.2. The third-order valence-corrected chi connectivity index (χ3v) is 6.25. The minimum atomic E-state index is -0.417. The molecule has 3 atom stereocenters. The van der Waals surface area contributed by atoms with Gasteiger partial charge in [0.05, 0.1) is 6.42 Å². The molecule has 0 N–H and O–H groups in total. The van der Waals surface area contributed by atoms with Gasteiger partial charge in [-0.3, -0.25) is 9.59 Å². The van der Waals surface area contributed by atoms with Crippen LogP contribution in [0.15, 0.2) is 36.4 Å². The summed E-state index contributed by atoms with van der Waals surface area (Å²) >= 11 is 1.18. The first-order valence-electron chi connectivity index (χ1n) is 10.8. The Kier molecular flexibility index (Phi) is 8.18. The number of hydrogen-bond donors (Lipinski definition) is 0. The molecule has 1 aliphatic heterocycles. The van der Waals surface area contributed by atoms with Crippen molar-refractivity contribution in [2.75, 3.05) is 6.61 Å². The normalized spacial score (nSPS) is 19.2. The summed E-state index contributed by atoms with van der Waals surface area (Å²) < 4.78 is 31.1. The van der Waals surface area contributed by atoms with Crippen molar-refractivity contribution in [3.8, 4) is 11.5 Å². The van der Waals surface area contributed by atoms with Crippen molar-refractivity contribution in [1.82, 2.24) is 0 Å². The quantitative estimate of drug-likeness (QED) is 0.471. The van der Waals surface area contributed by atoms with Crippen LogP contribution in [-0.2, 0) is 14.3 Å². The lowest BCUT2D eigenvalue weighted by molar-refractivity contribution is -0.154. The van der Waals surface area contributed by atoms with Crippen LogP contribution in [0.3, 0.4) is 0 Å². The fraction of sp³-hybridized carbons (Fsp3) is 0.440. The maximum Gasteiger partial charge on any atom is 0.307 e. The van der Waals surface area contributed by atoms with Crippen LogP contribution in [0, 0.1) is 19.7 Å². The van der Waals surface area contributed by atoms with E-state index in [0.29, 0.717) is 24.3 Å². The van der Waals surface area contributed by atoms with E-state index in [1.807, 2.05) is 32.9 Å². The lowest BCUT2D eigenvalue weighted by atomic mass is 9.99. The molecule has 0 saturated carbocycles. The molecule has 32 heavy (non-hydrogen) atoms. The van der Waals surface area contributed by atoms with Crippen molar-refractivity contribution in [2.24, 2.45) is 0 Å². The molecule has 0 spiro atoms.